The lowest BCUT2D eigenvalue weighted by atomic mass is 9.80. The van der Waals surface area contributed by atoms with Gasteiger partial charge >= 0.3 is 0 Å². The number of nitrogens with one attached hydrogen (secondary N) is 2. The number of carbonyl (C=O) groups is 1. The van der Waals surface area contributed by atoms with Crippen LogP contribution < -0.4 is 10.6 Å². The third kappa shape index (κ3) is 4.12. The predicted molar refractivity (Wildman–Crippen MR) is 67.3 cm³/mol. The van der Waals surface area contributed by atoms with Crippen LogP contribution in [0.1, 0.15) is 53.4 Å². The first kappa shape index (κ1) is 13.5. The summed E-state index contributed by atoms with van der Waals surface area (Å²) >= 11 is 0. The van der Waals surface area contributed by atoms with E-state index in [1.807, 2.05) is 0 Å². The normalized spacial score (nSPS) is 19.0. The molecule has 1 saturated carbocycles. The third-order valence-electron chi connectivity index (χ3n) is 3.80. The molecule has 1 atom stereocenters. The van der Waals surface area contributed by atoms with Crippen molar-refractivity contribution in [2.45, 2.75) is 65.0 Å². The highest BCUT2D eigenvalue weighted by Gasteiger charge is 2.24. The highest BCUT2D eigenvalue weighted by Crippen LogP contribution is 2.29. The van der Waals surface area contributed by atoms with Crippen molar-refractivity contribution in [2.75, 3.05) is 6.54 Å². The second-order valence-electron chi connectivity index (χ2n) is 5.65. The summed E-state index contributed by atoms with van der Waals surface area (Å²) in [7, 11) is 0. The van der Waals surface area contributed by atoms with Crippen LogP contribution in [0, 0.1) is 5.92 Å². The molecule has 0 saturated heterocycles. The lowest BCUT2D eigenvalue weighted by Gasteiger charge is -2.32. The number of hydrogen-bond donors (Lipinski definition) is 2. The summed E-state index contributed by atoms with van der Waals surface area (Å²) in [6.07, 6.45) is 4.94. The zero-order valence-electron chi connectivity index (χ0n) is 11.1. The highest BCUT2D eigenvalue weighted by atomic mass is 16.2. The van der Waals surface area contributed by atoms with E-state index in [9.17, 15) is 4.79 Å². The summed E-state index contributed by atoms with van der Waals surface area (Å²) in [4.78, 5) is 11.7. The van der Waals surface area contributed by atoms with Gasteiger partial charge in [0.15, 0.2) is 0 Å². The van der Waals surface area contributed by atoms with E-state index in [4.69, 9.17) is 0 Å². The van der Waals surface area contributed by atoms with Crippen molar-refractivity contribution in [3.05, 3.63) is 0 Å². The van der Waals surface area contributed by atoms with Gasteiger partial charge in [-0.2, -0.15) is 0 Å². The monoisotopic (exact) mass is 226 g/mol. The largest absolute Gasteiger partial charge is 0.350 e. The summed E-state index contributed by atoms with van der Waals surface area (Å²) < 4.78 is 0. The summed E-state index contributed by atoms with van der Waals surface area (Å²) in [5, 5.41) is 6.35. The van der Waals surface area contributed by atoms with Gasteiger partial charge in [-0.05, 0) is 46.0 Å². The molecule has 1 amide bonds. The van der Waals surface area contributed by atoms with Gasteiger partial charge in [0.05, 0.1) is 6.54 Å². The van der Waals surface area contributed by atoms with Crippen molar-refractivity contribution in [2.24, 2.45) is 5.92 Å². The van der Waals surface area contributed by atoms with E-state index in [0.717, 1.165) is 12.3 Å². The summed E-state index contributed by atoms with van der Waals surface area (Å²) in [6, 6.07) is 0.476. The first-order valence-corrected chi connectivity index (χ1v) is 6.49. The van der Waals surface area contributed by atoms with E-state index in [1.54, 1.807) is 0 Å². The molecule has 0 spiro atoms. The molecule has 0 heterocycles. The molecular formula is C13H26N2O. The van der Waals surface area contributed by atoms with Crippen LogP contribution in [0.3, 0.4) is 0 Å². The van der Waals surface area contributed by atoms with Crippen LogP contribution >= 0.6 is 0 Å². The van der Waals surface area contributed by atoms with Gasteiger partial charge in [-0.25, -0.2) is 0 Å². The van der Waals surface area contributed by atoms with Gasteiger partial charge in [-0.3, -0.25) is 4.79 Å². The van der Waals surface area contributed by atoms with Gasteiger partial charge in [-0.1, -0.05) is 13.3 Å². The molecule has 1 aliphatic rings. The molecule has 1 rings (SSSR count). The predicted octanol–water partition coefficient (Wildman–Crippen LogP) is 2.07. The first-order valence-electron chi connectivity index (χ1n) is 6.49. The molecule has 3 heteroatoms. The Kier molecular flexibility index (Phi) is 4.78. The molecule has 1 fully saturated rings. The van der Waals surface area contributed by atoms with Gasteiger partial charge in [0.1, 0.15) is 0 Å². The molecule has 16 heavy (non-hydrogen) atoms. The Balaban J connectivity index is 2.19. The lowest BCUT2D eigenvalue weighted by molar-refractivity contribution is -0.122. The van der Waals surface area contributed by atoms with Crippen LogP contribution in [0.2, 0.25) is 0 Å². The number of amides is 1. The zero-order valence-corrected chi connectivity index (χ0v) is 11.1. The topological polar surface area (TPSA) is 41.1 Å². The molecule has 2 N–H and O–H groups in total. The van der Waals surface area contributed by atoms with Crippen LogP contribution in [-0.4, -0.2) is 24.0 Å². The quantitative estimate of drug-likeness (QED) is 0.728. The van der Waals surface area contributed by atoms with Gasteiger partial charge in [-0.15, -0.1) is 0 Å². The Bertz CT molecular complexity index is 234. The molecule has 0 bridgehead atoms. The molecule has 0 aromatic carbocycles. The van der Waals surface area contributed by atoms with Crippen molar-refractivity contribution in [3.63, 3.8) is 0 Å². The van der Waals surface area contributed by atoms with Crippen LogP contribution in [0.5, 0.6) is 0 Å². The van der Waals surface area contributed by atoms with Gasteiger partial charge in [0.25, 0.3) is 0 Å². The number of hydrogen-bond acceptors (Lipinski definition) is 2. The minimum atomic E-state index is -0.0849. The van der Waals surface area contributed by atoms with Crippen molar-refractivity contribution >= 4 is 5.91 Å². The van der Waals surface area contributed by atoms with Gasteiger partial charge < -0.3 is 10.6 Å². The smallest absolute Gasteiger partial charge is 0.234 e. The van der Waals surface area contributed by atoms with Crippen molar-refractivity contribution in [3.8, 4) is 0 Å². The van der Waals surface area contributed by atoms with E-state index in [2.05, 4.69) is 38.3 Å². The minimum Gasteiger partial charge on any atom is -0.350 e. The Morgan fingerprint density at radius 1 is 1.44 bits per heavy atom. The Hall–Kier alpha value is -0.570. The first-order chi connectivity index (χ1) is 7.44. The summed E-state index contributed by atoms with van der Waals surface area (Å²) in [5.74, 6) is 0.894. The fraction of sp³-hybridized carbons (Fsp3) is 0.923. The maximum Gasteiger partial charge on any atom is 0.234 e. The average molecular weight is 226 g/mol. The Morgan fingerprint density at radius 2 is 2.06 bits per heavy atom. The highest BCUT2D eigenvalue weighted by molar-refractivity contribution is 5.78. The van der Waals surface area contributed by atoms with E-state index in [1.165, 1.54) is 19.3 Å². The van der Waals surface area contributed by atoms with E-state index < -0.39 is 0 Å². The number of rotatable bonds is 6. The molecule has 1 unspecified atom stereocenters. The molecule has 3 nitrogen and oxygen atoms in total. The molecule has 0 radical (unpaired) electrons. The maximum absolute atomic E-state index is 11.7. The van der Waals surface area contributed by atoms with E-state index in [0.29, 0.717) is 12.6 Å². The van der Waals surface area contributed by atoms with Gasteiger partial charge in [0.2, 0.25) is 5.91 Å². The van der Waals surface area contributed by atoms with E-state index >= 15 is 0 Å². The molecule has 0 aliphatic heterocycles. The van der Waals surface area contributed by atoms with Gasteiger partial charge in [0, 0.05) is 11.6 Å². The minimum absolute atomic E-state index is 0.0849. The van der Waals surface area contributed by atoms with Crippen molar-refractivity contribution < 1.29 is 4.79 Å². The SMILES string of the molecule is CCC(C)(C)NC(=O)CNC(C)C1CCC1. The maximum atomic E-state index is 11.7. The second-order valence-corrected chi connectivity index (χ2v) is 5.65. The van der Waals surface area contributed by atoms with Crippen molar-refractivity contribution in [1.29, 1.82) is 0 Å². The summed E-state index contributed by atoms with van der Waals surface area (Å²) in [6.45, 7) is 8.83. The molecule has 1 aliphatic carbocycles. The van der Waals surface area contributed by atoms with Crippen LogP contribution in [-0.2, 0) is 4.79 Å². The van der Waals surface area contributed by atoms with Crippen LogP contribution in [0.25, 0.3) is 0 Å². The molecule has 0 aromatic rings. The average Bonchev–Trinajstić information content (AvgIpc) is 2.11. The van der Waals surface area contributed by atoms with E-state index in [-0.39, 0.29) is 11.4 Å². The van der Waals surface area contributed by atoms with Crippen molar-refractivity contribution in [1.82, 2.24) is 10.6 Å². The molecular weight excluding hydrogens is 200 g/mol. The third-order valence-corrected chi connectivity index (χ3v) is 3.80. The standard InChI is InChI=1S/C13H26N2O/c1-5-13(3,4)15-12(16)9-14-10(2)11-7-6-8-11/h10-11,14H,5-9H2,1-4H3,(H,15,16). The lowest BCUT2D eigenvalue weighted by Crippen LogP contribution is -2.49. The van der Waals surface area contributed by atoms with Crippen LogP contribution in [0.4, 0.5) is 0 Å². The number of carbonyl (C=O) groups excluding carboxylic acids is 1. The second kappa shape index (κ2) is 5.67. The fourth-order valence-corrected chi connectivity index (χ4v) is 1.87. The van der Waals surface area contributed by atoms with Crippen LogP contribution in [0.15, 0.2) is 0 Å². The fourth-order valence-electron chi connectivity index (χ4n) is 1.87. The molecule has 0 aromatic heterocycles. The Labute approximate surface area is 99.4 Å². The summed E-state index contributed by atoms with van der Waals surface area (Å²) in [5.41, 5.74) is -0.0849. The Morgan fingerprint density at radius 3 is 2.50 bits per heavy atom. The zero-order chi connectivity index (χ0) is 12.2. The molecule has 94 valence electrons.